The number of carbonyl (C=O) groups excluding carboxylic acids is 1. The quantitative estimate of drug-likeness (QED) is 0.627. The molecule has 3 aromatic rings. The molecule has 0 saturated carbocycles. The van der Waals surface area contributed by atoms with Crippen molar-refractivity contribution in [3.8, 4) is 17.2 Å². The van der Waals surface area contributed by atoms with Crippen molar-refractivity contribution in [2.24, 2.45) is 0 Å². The maximum absolute atomic E-state index is 12.4. The van der Waals surface area contributed by atoms with Gasteiger partial charge in [0.25, 0.3) is 0 Å². The van der Waals surface area contributed by atoms with Crippen molar-refractivity contribution in [2.45, 2.75) is 6.92 Å². The van der Waals surface area contributed by atoms with Gasteiger partial charge in [-0.25, -0.2) is 9.78 Å². The van der Waals surface area contributed by atoms with Crippen LogP contribution in [0.15, 0.2) is 42.5 Å². The number of fused-ring (bicyclic) bond motifs is 3. The number of pyridine rings is 1. The number of carbonyl (C=O) groups is 1. The van der Waals surface area contributed by atoms with Gasteiger partial charge in [0, 0.05) is 16.6 Å². The fraction of sp³-hybridized carbons (Fsp3) is 0.182. The molecule has 0 atom stereocenters. The molecular formula is C22H20N2O5. The lowest BCUT2D eigenvalue weighted by molar-refractivity contribution is 0.0520. The summed E-state index contributed by atoms with van der Waals surface area (Å²) in [5.41, 5.74) is 1.58. The summed E-state index contributed by atoms with van der Waals surface area (Å²) < 4.78 is 16.1. The highest BCUT2D eigenvalue weighted by Crippen LogP contribution is 2.42. The Morgan fingerprint density at radius 1 is 1.28 bits per heavy atom. The van der Waals surface area contributed by atoms with Gasteiger partial charge in [0.15, 0.2) is 5.69 Å². The van der Waals surface area contributed by atoms with E-state index in [-0.39, 0.29) is 18.1 Å². The van der Waals surface area contributed by atoms with Crippen molar-refractivity contribution in [1.82, 2.24) is 4.98 Å². The van der Waals surface area contributed by atoms with Crippen LogP contribution in [0.5, 0.6) is 17.2 Å². The second-order valence-corrected chi connectivity index (χ2v) is 6.38. The topological polar surface area (TPSA) is 89.9 Å². The Morgan fingerprint density at radius 2 is 2.07 bits per heavy atom. The fourth-order valence-electron chi connectivity index (χ4n) is 3.23. The van der Waals surface area contributed by atoms with Gasteiger partial charge in [0.2, 0.25) is 0 Å². The lowest BCUT2D eigenvalue weighted by atomic mass is 10.0. The summed E-state index contributed by atoms with van der Waals surface area (Å²) in [4.78, 5) is 16.8. The van der Waals surface area contributed by atoms with Crippen molar-refractivity contribution >= 4 is 34.3 Å². The molecule has 2 N–H and O–H groups in total. The van der Waals surface area contributed by atoms with E-state index in [1.807, 2.05) is 24.3 Å². The van der Waals surface area contributed by atoms with Gasteiger partial charge in [-0.3, -0.25) is 0 Å². The highest BCUT2D eigenvalue weighted by Gasteiger charge is 2.21. The van der Waals surface area contributed by atoms with E-state index in [0.29, 0.717) is 34.7 Å². The van der Waals surface area contributed by atoms with Gasteiger partial charge in [-0.15, -0.1) is 0 Å². The first-order valence-corrected chi connectivity index (χ1v) is 9.19. The molecule has 2 heterocycles. The molecule has 0 aliphatic carbocycles. The van der Waals surface area contributed by atoms with Crippen LogP contribution in [0.25, 0.3) is 16.8 Å². The SMILES string of the molecule is CCOC(=O)c1cc2c3c(cc(O)c2c(Nc2ccc(OC)cc2)n1)C=CCO3. The number of esters is 1. The number of hydrogen-bond acceptors (Lipinski definition) is 7. The minimum Gasteiger partial charge on any atom is -0.507 e. The zero-order valence-corrected chi connectivity index (χ0v) is 16.1. The first kappa shape index (κ1) is 18.6. The molecule has 7 nitrogen and oxygen atoms in total. The summed E-state index contributed by atoms with van der Waals surface area (Å²) in [5, 5.41) is 14.9. The maximum Gasteiger partial charge on any atom is 0.357 e. The van der Waals surface area contributed by atoms with Crippen molar-refractivity contribution in [2.75, 3.05) is 25.6 Å². The second-order valence-electron chi connectivity index (χ2n) is 6.38. The van der Waals surface area contributed by atoms with Crippen LogP contribution in [-0.2, 0) is 4.74 Å². The Hall–Kier alpha value is -3.74. The Balaban J connectivity index is 1.90. The minimum atomic E-state index is -0.546. The van der Waals surface area contributed by atoms with Crippen molar-refractivity contribution in [1.29, 1.82) is 0 Å². The van der Waals surface area contributed by atoms with Crippen LogP contribution in [0.1, 0.15) is 23.0 Å². The highest BCUT2D eigenvalue weighted by atomic mass is 16.5. The van der Waals surface area contributed by atoms with Crippen LogP contribution in [0.4, 0.5) is 11.5 Å². The van der Waals surface area contributed by atoms with E-state index in [1.165, 1.54) is 0 Å². The van der Waals surface area contributed by atoms with E-state index >= 15 is 0 Å². The molecule has 1 aromatic heterocycles. The third-order valence-corrected chi connectivity index (χ3v) is 4.53. The smallest absolute Gasteiger partial charge is 0.357 e. The summed E-state index contributed by atoms with van der Waals surface area (Å²) in [6.45, 7) is 2.37. The van der Waals surface area contributed by atoms with Gasteiger partial charge < -0.3 is 24.6 Å². The maximum atomic E-state index is 12.4. The lowest BCUT2D eigenvalue weighted by Crippen LogP contribution is -2.10. The molecule has 1 aliphatic rings. The molecule has 0 saturated heterocycles. The van der Waals surface area contributed by atoms with Gasteiger partial charge in [0.05, 0.1) is 19.1 Å². The number of benzene rings is 2. The molecule has 2 aromatic carbocycles. The fourth-order valence-corrected chi connectivity index (χ4v) is 3.23. The minimum absolute atomic E-state index is 0.0350. The number of ether oxygens (including phenoxy) is 3. The van der Waals surface area contributed by atoms with Crippen molar-refractivity contribution in [3.63, 3.8) is 0 Å². The Labute approximate surface area is 167 Å². The van der Waals surface area contributed by atoms with Crippen LogP contribution in [0.2, 0.25) is 0 Å². The molecule has 148 valence electrons. The molecule has 0 spiro atoms. The normalized spacial score (nSPS) is 12.2. The average molecular weight is 392 g/mol. The molecule has 0 unspecified atom stereocenters. The van der Waals surface area contributed by atoms with Crippen LogP contribution in [0.3, 0.4) is 0 Å². The van der Waals surface area contributed by atoms with Gasteiger partial charge in [-0.05, 0) is 49.4 Å². The molecule has 7 heteroatoms. The number of rotatable bonds is 5. The van der Waals surface area contributed by atoms with Crippen molar-refractivity contribution < 1.29 is 24.1 Å². The second kappa shape index (κ2) is 7.71. The monoisotopic (exact) mass is 392 g/mol. The largest absolute Gasteiger partial charge is 0.507 e. The van der Waals surface area contributed by atoms with E-state index < -0.39 is 5.97 Å². The van der Waals surface area contributed by atoms with Crippen LogP contribution in [-0.4, -0.2) is 36.4 Å². The molecule has 29 heavy (non-hydrogen) atoms. The summed E-state index contributed by atoms with van der Waals surface area (Å²) in [6, 6.07) is 10.4. The average Bonchev–Trinajstić information content (AvgIpc) is 2.74. The van der Waals surface area contributed by atoms with E-state index in [1.54, 1.807) is 38.3 Å². The first-order valence-electron chi connectivity index (χ1n) is 9.19. The number of hydrogen-bond donors (Lipinski definition) is 2. The third kappa shape index (κ3) is 3.54. The predicted molar refractivity (Wildman–Crippen MR) is 110 cm³/mol. The molecule has 0 bridgehead atoms. The zero-order chi connectivity index (χ0) is 20.4. The molecular weight excluding hydrogens is 372 g/mol. The van der Waals surface area contributed by atoms with Crippen LogP contribution < -0.4 is 14.8 Å². The molecule has 0 fully saturated rings. The number of aromatic nitrogens is 1. The molecule has 4 rings (SSSR count). The Kier molecular flexibility index (Phi) is 4.95. The number of nitrogens with zero attached hydrogens (tertiary/aromatic N) is 1. The Bertz CT molecular complexity index is 1110. The molecule has 0 amide bonds. The van der Waals surface area contributed by atoms with Crippen LogP contribution in [0, 0.1) is 0 Å². The summed E-state index contributed by atoms with van der Waals surface area (Å²) in [7, 11) is 1.59. The van der Waals surface area contributed by atoms with Crippen LogP contribution >= 0.6 is 0 Å². The number of methoxy groups -OCH3 is 1. The van der Waals surface area contributed by atoms with E-state index in [9.17, 15) is 9.90 Å². The van der Waals surface area contributed by atoms with Gasteiger partial charge in [0.1, 0.15) is 29.7 Å². The van der Waals surface area contributed by atoms with Gasteiger partial charge in [-0.2, -0.15) is 0 Å². The number of phenolic OH excluding ortho intramolecular Hbond substituents is 1. The van der Waals surface area contributed by atoms with Crippen molar-refractivity contribution in [3.05, 3.63) is 53.7 Å². The number of nitrogens with one attached hydrogen (secondary N) is 1. The van der Waals surface area contributed by atoms with E-state index in [2.05, 4.69) is 10.3 Å². The summed E-state index contributed by atoms with van der Waals surface area (Å²) in [6.07, 6.45) is 3.73. The molecule has 0 radical (unpaired) electrons. The summed E-state index contributed by atoms with van der Waals surface area (Å²) in [5.74, 6) is 1.12. The molecule has 1 aliphatic heterocycles. The third-order valence-electron chi connectivity index (χ3n) is 4.53. The Morgan fingerprint density at radius 3 is 2.79 bits per heavy atom. The number of phenols is 1. The first-order chi connectivity index (χ1) is 14.1. The van der Waals surface area contributed by atoms with E-state index in [0.717, 1.165) is 11.3 Å². The zero-order valence-electron chi connectivity index (χ0n) is 16.1. The standard InChI is InChI=1S/C22H20N2O5/c1-3-28-22(26)17-12-16-19(18(25)11-13-5-4-10-29-20(13)16)21(24-17)23-14-6-8-15(27-2)9-7-14/h4-9,11-12,25H,3,10H2,1-2H3,(H,23,24). The number of anilines is 2. The predicted octanol–water partition coefficient (Wildman–Crippen LogP) is 4.27. The van der Waals surface area contributed by atoms with Gasteiger partial charge >= 0.3 is 5.97 Å². The van der Waals surface area contributed by atoms with E-state index in [4.69, 9.17) is 14.2 Å². The summed E-state index contributed by atoms with van der Waals surface area (Å²) >= 11 is 0. The van der Waals surface area contributed by atoms with Gasteiger partial charge in [-0.1, -0.05) is 6.08 Å². The highest BCUT2D eigenvalue weighted by molar-refractivity contribution is 6.06. The lowest BCUT2D eigenvalue weighted by Gasteiger charge is -2.19. The number of aromatic hydroxyl groups is 1.